The normalized spacial score (nSPS) is 22.8. The maximum absolute atomic E-state index is 11.8. The Kier molecular flexibility index (Phi) is 5.35. The van der Waals surface area contributed by atoms with Crippen LogP contribution in [0.25, 0.3) is 0 Å². The van der Waals surface area contributed by atoms with Crippen LogP contribution in [0.3, 0.4) is 0 Å². The summed E-state index contributed by atoms with van der Waals surface area (Å²) in [5.41, 5.74) is 5.94. The van der Waals surface area contributed by atoms with E-state index in [0.717, 1.165) is 19.5 Å². The molecule has 1 aliphatic heterocycles. The molecule has 21 heavy (non-hydrogen) atoms. The second kappa shape index (κ2) is 7.24. The van der Waals surface area contributed by atoms with Gasteiger partial charge in [0.15, 0.2) is 0 Å². The lowest BCUT2D eigenvalue weighted by Crippen LogP contribution is -2.50. The Bertz CT molecular complexity index is 475. The fourth-order valence-corrected chi connectivity index (χ4v) is 2.39. The van der Waals surface area contributed by atoms with Crippen molar-refractivity contribution in [2.45, 2.75) is 25.9 Å². The molecule has 0 aliphatic carbocycles. The van der Waals surface area contributed by atoms with E-state index in [1.807, 2.05) is 4.90 Å². The second-order valence-corrected chi connectivity index (χ2v) is 5.48. The SMILES string of the molecule is CC1CN(CC(=O)NC(=O)NCc2ccco2)CCC1N. The zero-order valence-corrected chi connectivity index (χ0v) is 12.2. The summed E-state index contributed by atoms with van der Waals surface area (Å²) >= 11 is 0. The van der Waals surface area contributed by atoms with Gasteiger partial charge in [0, 0.05) is 19.1 Å². The Morgan fingerprint density at radius 3 is 3.00 bits per heavy atom. The van der Waals surface area contributed by atoms with Gasteiger partial charge >= 0.3 is 6.03 Å². The fourth-order valence-electron chi connectivity index (χ4n) is 2.39. The number of nitrogens with two attached hydrogens (primary N) is 1. The smallest absolute Gasteiger partial charge is 0.321 e. The average molecular weight is 294 g/mol. The lowest BCUT2D eigenvalue weighted by molar-refractivity contribution is -0.121. The Morgan fingerprint density at radius 1 is 1.52 bits per heavy atom. The summed E-state index contributed by atoms with van der Waals surface area (Å²) in [4.78, 5) is 25.4. The van der Waals surface area contributed by atoms with Crippen LogP contribution in [0.2, 0.25) is 0 Å². The van der Waals surface area contributed by atoms with Crippen LogP contribution in [0, 0.1) is 5.92 Å². The topological polar surface area (TPSA) is 101 Å². The van der Waals surface area contributed by atoms with E-state index in [0.29, 0.717) is 11.7 Å². The van der Waals surface area contributed by atoms with E-state index in [9.17, 15) is 9.59 Å². The lowest BCUT2D eigenvalue weighted by Gasteiger charge is -2.34. The van der Waals surface area contributed by atoms with Gasteiger partial charge in [-0.1, -0.05) is 6.92 Å². The van der Waals surface area contributed by atoms with Gasteiger partial charge in [0.05, 0.1) is 19.4 Å². The molecule has 2 rings (SSSR count). The predicted molar refractivity (Wildman–Crippen MR) is 77.3 cm³/mol. The summed E-state index contributed by atoms with van der Waals surface area (Å²) in [5.74, 6) is 0.686. The van der Waals surface area contributed by atoms with Gasteiger partial charge in [0.2, 0.25) is 5.91 Å². The molecule has 1 saturated heterocycles. The van der Waals surface area contributed by atoms with Crippen LogP contribution in [0.1, 0.15) is 19.1 Å². The fraction of sp³-hybridized carbons (Fsp3) is 0.571. The molecule has 2 unspecified atom stereocenters. The quantitative estimate of drug-likeness (QED) is 0.740. The molecule has 116 valence electrons. The highest BCUT2D eigenvalue weighted by atomic mass is 16.3. The first-order valence-electron chi connectivity index (χ1n) is 7.12. The van der Waals surface area contributed by atoms with Crippen LogP contribution < -0.4 is 16.4 Å². The number of amides is 3. The van der Waals surface area contributed by atoms with Crippen molar-refractivity contribution in [3.8, 4) is 0 Å². The third kappa shape index (κ3) is 4.87. The third-order valence-corrected chi connectivity index (χ3v) is 3.68. The monoisotopic (exact) mass is 294 g/mol. The zero-order valence-electron chi connectivity index (χ0n) is 12.2. The summed E-state index contributed by atoms with van der Waals surface area (Å²) in [6, 6.07) is 3.17. The Morgan fingerprint density at radius 2 is 2.33 bits per heavy atom. The van der Waals surface area contributed by atoms with E-state index in [1.54, 1.807) is 12.1 Å². The van der Waals surface area contributed by atoms with Crippen LogP contribution in [-0.2, 0) is 11.3 Å². The average Bonchev–Trinajstić information content (AvgIpc) is 2.94. The molecule has 0 bridgehead atoms. The molecule has 1 fully saturated rings. The standard InChI is InChI=1S/C14H22N4O3/c1-10-8-18(5-4-12(10)15)9-13(19)17-14(20)16-7-11-3-2-6-21-11/h2-3,6,10,12H,4-5,7-9,15H2,1H3,(H2,16,17,19,20). The van der Waals surface area contributed by atoms with E-state index < -0.39 is 6.03 Å². The minimum absolute atomic E-state index is 0.195. The first kappa shape index (κ1) is 15.5. The van der Waals surface area contributed by atoms with Gasteiger partial charge in [-0.3, -0.25) is 15.0 Å². The molecule has 0 spiro atoms. The minimum Gasteiger partial charge on any atom is -0.467 e. The van der Waals surface area contributed by atoms with E-state index in [-0.39, 0.29) is 25.0 Å². The van der Waals surface area contributed by atoms with Crippen molar-refractivity contribution in [1.29, 1.82) is 0 Å². The van der Waals surface area contributed by atoms with Crippen LogP contribution in [0.4, 0.5) is 4.79 Å². The molecule has 4 N–H and O–H groups in total. The highest BCUT2D eigenvalue weighted by molar-refractivity contribution is 5.95. The number of imide groups is 1. The van der Waals surface area contributed by atoms with Gasteiger partial charge in [-0.15, -0.1) is 0 Å². The molecule has 1 aromatic rings. The highest BCUT2D eigenvalue weighted by Crippen LogP contribution is 2.14. The molecule has 0 saturated carbocycles. The minimum atomic E-state index is -0.516. The predicted octanol–water partition coefficient (Wildman–Crippen LogP) is 0.275. The number of nitrogens with one attached hydrogen (secondary N) is 2. The number of piperidine rings is 1. The van der Waals surface area contributed by atoms with Crippen molar-refractivity contribution in [3.05, 3.63) is 24.2 Å². The molecule has 1 aromatic heterocycles. The van der Waals surface area contributed by atoms with Gasteiger partial charge in [0.25, 0.3) is 0 Å². The number of hydrogen-bond acceptors (Lipinski definition) is 5. The van der Waals surface area contributed by atoms with E-state index in [1.165, 1.54) is 6.26 Å². The second-order valence-electron chi connectivity index (χ2n) is 5.48. The molecular weight excluding hydrogens is 272 g/mol. The molecular formula is C14H22N4O3. The Balaban J connectivity index is 1.68. The Hall–Kier alpha value is -1.86. The van der Waals surface area contributed by atoms with Crippen LogP contribution in [0.15, 0.2) is 22.8 Å². The number of hydrogen-bond donors (Lipinski definition) is 3. The number of furan rings is 1. The molecule has 1 aliphatic rings. The van der Waals surface area contributed by atoms with Gasteiger partial charge < -0.3 is 15.5 Å². The van der Waals surface area contributed by atoms with Crippen molar-refractivity contribution in [2.75, 3.05) is 19.6 Å². The number of carbonyl (C=O) groups is 2. The number of urea groups is 1. The number of carbonyl (C=O) groups excluding carboxylic acids is 2. The third-order valence-electron chi connectivity index (χ3n) is 3.68. The summed E-state index contributed by atoms with van der Waals surface area (Å²) < 4.78 is 5.08. The number of likely N-dealkylation sites (tertiary alicyclic amines) is 1. The highest BCUT2D eigenvalue weighted by Gasteiger charge is 2.24. The van der Waals surface area contributed by atoms with Crippen LogP contribution in [0.5, 0.6) is 0 Å². The number of rotatable bonds is 4. The lowest BCUT2D eigenvalue weighted by atomic mass is 9.95. The summed E-state index contributed by atoms with van der Waals surface area (Å²) in [6.07, 6.45) is 2.40. The molecule has 2 heterocycles. The van der Waals surface area contributed by atoms with Gasteiger partial charge in [-0.05, 0) is 24.5 Å². The molecule has 0 radical (unpaired) electrons. The van der Waals surface area contributed by atoms with Crippen molar-refractivity contribution >= 4 is 11.9 Å². The summed E-state index contributed by atoms with van der Waals surface area (Å²) in [7, 11) is 0. The molecule has 3 amide bonds. The van der Waals surface area contributed by atoms with Crippen LogP contribution >= 0.6 is 0 Å². The largest absolute Gasteiger partial charge is 0.467 e. The van der Waals surface area contributed by atoms with Crippen molar-refractivity contribution in [3.63, 3.8) is 0 Å². The Labute approximate surface area is 123 Å². The summed E-state index contributed by atoms with van der Waals surface area (Å²) in [6.45, 7) is 4.10. The maximum atomic E-state index is 11.8. The van der Waals surface area contributed by atoms with Crippen molar-refractivity contribution in [1.82, 2.24) is 15.5 Å². The number of nitrogens with zero attached hydrogens (tertiary/aromatic N) is 1. The van der Waals surface area contributed by atoms with Crippen molar-refractivity contribution in [2.24, 2.45) is 11.7 Å². The maximum Gasteiger partial charge on any atom is 0.321 e. The molecule has 2 atom stereocenters. The molecule has 7 nitrogen and oxygen atoms in total. The van der Waals surface area contributed by atoms with Gasteiger partial charge in [0.1, 0.15) is 5.76 Å². The first-order chi connectivity index (χ1) is 10.0. The first-order valence-corrected chi connectivity index (χ1v) is 7.12. The molecule has 0 aromatic carbocycles. The van der Waals surface area contributed by atoms with E-state index in [4.69, 9.17) is 10.2 Å². The zero-order chi connectivity index (χ0) is 15.2. The van der Waals surface area contributed by atoms with Gasteiger partial charge in [-0.25, -0.2) is 4.79 Å². The van der Waals surface area contributed by atoms with E-state index >= 15 is 0 Å². The van der Waals surface area contributed by atoms with Gasteiger partial charge in [-0.2, -0.15) is 0 Å². The summed E-state index contributed by atoms with van der Waals surface area (Å²) in [5, 5.41) is 4.88. The molecule has 7 heteroatoms. The van der Waals surface area contributed by atoms with E-state index in [2.05, 4.69) is 17.6 Å². The van der Waals surface area contributed by atoms with Crippen molar-refractivity contribution < 1.29 is 14.0 Å². The van der Waals surface area contributed by atoms with Crippen LogP contribution in [-0.4, -0.2) is 42.5 Å².